The van der Waals surface area contributed by atoms with Gasteiger partial charge in [0, 0.05) is 29.5 Å². The summed E-state index contributed by atoms with van der Waals surface area (Å²) in [6, 6.07) is 4.37. The number of benzene rings is 1. The molecule has 1 aromatic carbocycles. The van der Waals surface area contributed by atoms with Gasteiger partial charge in [-0.25, -0.2) is 0 Å². The van der Waals surface area contributed by atoms with Crippen molar-refractivity contribution in [1.29, 1.82) is 0 Å². The van der Waals surface area contributed by atoms with E-state index in [1.54, 1.807) is 30.8 Å². The molecular weight excluding hydrogens is 294 g/mol. The number of hydrogen-bond acceptors (Lipinski definition) is 6. The van der Waals surface area contributed by atoms with Gasteiger partial charge in [0.25, 0.3) is 11.6 Å². The second-order valence-electron chi connectivity index (χ2n) is 4.52. The molecule has 1 amide bonds. The number of rotatable bonds is 3. The summed E-state index contributed by atoms with van der Waals surface area (Å²) in [7, 11) is 0. The second kappa shape index (κ2) is 5.17. The number of anilines is 1. The minimum Gasteiger partial charge on any atom is -0.290 e. The Bertz CT molecular complexity index is 742. The molecule has 9 heteroatoms. The molecule has 3 rings (SSSR count). The van der Waals surface area contributed by atoms with Crippen LogP contribution < -0.4 is 5.32 Å². The lowest BCUT2D eigenvalue weighted by molar-refractivity contribution is -0.385. The third-order valence-electron chi connectivity index (χ3n) is 3.16. The normalized spacial score (nSPS) is 13.0. The van der Waals surface area contributed by atoms with Crippen molar-refractivity contribution in [3.63, 3.8) is 0 Å². The fourth-order valence-corrected chi connectivity index (χ4v) is 2.93. The Kier molecular flexibility index (Phi) is 3.34. The van der Waals surface area contributed by atoms with Gasteiger partial charge in [0.15, 0.2) is 5.16 Å². The lowest BCUT2D eigenvalue weighted by atomic mass is 10.1. The van der Waals surface area contributed by atoms with Gasteiger partial charge < -0.3 is 0 Å². The Balaban J connectivity index is 1.85. The van der Waals surface area contributed by atoms with Crippen molar-refractivity contribution in [2.45, 2.75) is 18.6 Å². The summed E-state index contributed by atoms with van der Waals surface area (Å²) in [6.07, 6.45) is 0. The molecule has 0 fully saturated rings. The minimum absolute atomic E-state index is 0.0790. The van der Waals surface area contributed by atoms with Gasteiger partial charge in [0.1, 0.15) is 0 Å². The average molecular weight is 305 g/mol. The van der Waals surface area contributed by atoms with Crippen molar-refractivity contribution in [2.75, 3.05) is 11.1 Å². The molecule has 21 heavy (non-hydrogen) atoms. The van der Waals surface area contributed by atoms with E-state index >= 15 is 0 Å². The molecule has 8 nitrogen and oxygen atoms in total. The van der Waals surface area contributed by atoms with E-state index in [0.717, 1.165) is 17.5 Å². The smallest absolute Gasteiger partial charge is 0.273 e. The molecule has 0 spiro atoms. The second-order valence-corrected chi connectivity index (χ2v) is 5.58. The zero-order chi connectivity index (χ0) is 15.0. The number of nitro benzene ring substituents is 1. The van der Waals surface area contributed by atoms with Crippen LogP contribution in [-0.2, 0) is 6.54 Å². The SMILES string of the molecule is Cc1ccc(C(=O)Nc2nnc3n2CCS3)cc1[N+](=O)[O-]. The van der Waals surface area contributed by atoms with E-state index in [-0.39, 0.29) is 11.3 Å². The fourth-order valence-electron chi connectivity index (χ4n) is 2.04. The maximum atomic E-state index is 12.2. The fraction of sp³-hybridized carbons (Fsp3) is 0.250. The van der Waals surface area contributed by atoms with Gasteiger partial charge in [-0.05, 0) is 13.0 Å². The highest BCUT2D eigenvalue weighted by molar-refractivity contribution is 7.99. The van der Waals surface area contributed by atoms with Crippen LogP contribution in [0.15, 0.2) is 23.4 Å². The Morgan fingerprint density at radius 3 is 3.05 bits per heavy atom. The summed E-state index contributed by atoms with van der Waals surface area (Å²) < 4.78 is 1.81. The number of thioether (sulfide) groups is 1. The maximum absolute atomic E-state index is 12.2. The predicted octanol–water partition coefficient (Wildman–Crippen LogP) is 1.85. The Morgan fingerprint density at radius 2 is 2.29 bits per heavy atom. The summed E-state index contributed by atoms with van der Waals surface area (Å²) in [4.78, 5) is 22.6. The first-order chi connectivity index (χ1) is 10.1. The molecule has 0 saturated carbocycles. The zero-order valence-electron chi connectivity index (χ0n) is 11.1. The van der Waals surface area contributed by atoms with Crippen LogP contribution in [0.2, 0.25) is 0 Å². The van der Waals surface area contributed by atoms with Gasteiger partial charge in [0.2, 0.25) is 5.95 Å². The average Bonchev–Trinajstić information content (AvgIpc) is 3.04. The van der Waals surface area contributed by atoms with Crippen molar-refractivity contribution in [2.24, 2.45) is 0 Å². The summed E-state index contributed by atoms with van der Waals surface area (Å²) in [5.41, 5.74) is 0.649. The predicted molar refractivity (Wildman–Crippen MR) is 76.5 cm³/mol. The van der Waals surface area contributed by atoms with Crippen LogP contribution in [0.3, 0.4) is 0 Å². The number of nitrogens with one attached hydrogen (secondary N) is 1. The number of fused-ring (bicyclic) bond motifs is 1. The maximum Gasteiger partial charge on any atom is 0.273 e. The molecule has 0 atom stereocenters. The van der Waals surface area contributed by atoms with E-state index in [4.69, 9.17) is 0 Å². The van der Waals surface area contributed by atoms with Crippen molar-refractivity contribution >= 4 is 29.3 Å². The molecule has 0 radical (unpaired) electrons. The van der Waals surface area contributed by atoms with Crippen LogP contribution in [-0.4, -0.2) is 31.3 Å². The molecule has 1 aromatic heterocycles. The van der Waals surface area contributed by atoms with Crippen LogP contribution in [0.4, 0.5) is 11.6 Å². The van der Waals surface area contributed by atoms with Crippen molar-refractivity contribution in [1.82, 2.24) is 14.8 Å². The molecule has 0 saturated heterocycles. The largest absolute Gasteiger partial charge is 0.290 e. The minimum atomic E-state index is -0.502. The van der Waals surface area contributed by atoms with E-state index in [9.17, 15) is 14.9 Å². The highest BCUT2D eigenvalue weighted by Gasteiger charge is 2.21. The monoisotopic (exact) mass is 305 g/mol. The number of nitro groups is 1. The molecular formula is C12H11N5O3S. The van der Waals surface area contributed by atoms with Crippen LogP contribution in [0.25, 0.3) is 0 Å². The van der Waals surface area contributed by atoms with Crippen LogP contribution in [0, 0.1) is 17.0 Å². The molecule has 0 bridgehead atoms. The summed E-state index contributed by atoms with van der Waals surface area (Å²) in [5.74, 6) is 0.817. The van der Waals surface area contributed by atoms with E-state index in [0.29, 0.717) is 11.5 Å². The number of aryl methyl sites for hydroxylation is 1. The van der Waals surface area contributed by atoms with Crippen molar-refractivity contribution < 1.29 is 9.72 Å². The lowest BCUT2D eigenvalue weighted by Gasteiger charge is -2.05. The summed E-state index contributed by atoms with van der Waals surface area (Å²) in [6.45, 7) is 2.36. The first-order valence-corrected chi connectivity index (χ1v) is 7.17. The lowest BCUT2D eigenvalue weighted by Crippen LogP contribution is -2.16. The standard InChI is InChI=1S/C12H11N5O3S/c1-7-2-3-8(6-9(7)17(19)20)10(18)13-11-14-15-12-16(11)4-5-21-12/h2-3,6H,4-5H2,1H3,(H,13,14,18). The highest BCUT2D eigenvalue weighted by Crippen LogP contribution is 2.26. The molecule has 0 aliphatic carbocycles. The van der Waals surface area contributed by atoms with Crippen molar-refractivity contribution in [3.05, 3.63) is 39.4 Å². The first kappa shape index (κ1) is 13.6. The van der Waals surface area contributed by atoms with Gasteiger partial charge in [-0.3, -0.25) is 24.8 Å². The quantitative estimate of drug-likeness (QED) is 0.685. The summed E-state index contributed by atoms with van der Waals surface area (Å²) in [5, 5.41) is 22.2. The Hall–Kier alpha value is -2.42. The molecule has 1 aliphatic rings. The van der Waals surface area contributed by atoms with Gasteiger partial charge in [-0.15, -0.1) is 10.2 Å². The summed E-state index contributed by atoms with van der Waals surface area (Å²) >= 11 is 1.57. The third-order valence-corrected chi connectivity index (χ3v) is 4.10. The van der Waals surface area contributed by atoms with E-state index in [1.807, 2.05) is 4.57 Å². The number of carbonyl (C=O) groups is 1. The number of amides is 1. The molecule has 0 unspecified atom stereocenters. The van der Waals surface area contributed by atoms with E-state index < -0.39 is 10.8 Å². The number of nitrogens with zero attached hydrogens (tertiary/aromatic N) is 4. The number of hydrogen-bond donors (Lipinski definition) is 1. The van der Waals surface area contributed by atoms with Crippen LogP contribution in [0.5, 0.6) is 0 Å². The third kappa shape index (κ3) is 2.47. The molecule has 2 heterocycles. The Morgan fingerprint density at radius 1 is 1.48 bits per heavy atom. The zero-order valence-corrected chi connectivity index (χ0v) is 11.9. The van der Waals surface area contributed by atoms with Crippen LogP contribution >= 0.6 is 11.8 Å². The van der Waals surface area contributed by atoms with Gasteiger partial charge in [0.05, 0.1) is 4.92 Å². The molecule has 1 aliphatic heterocycles. The van der Waals surface area contributed by atoms with Gasteiger partial charge in [-0.1, -0.05) is 17.8 Å². The van der Waals surface area contributed by atoms with Crippen molar-refractivity contribution in [3.8, 4) is 0 Å². The number of aromatic nitrogens is 3. The molecule has 108 valence electrons. The topological polar surface area (TPSA) is 103 Å². The molecule has 2 aromatic rings. The first-order valence-electron chi connectivity index (χ1n) is 6.18. The van der Waals surface area contributed by atoms with Gasteiger partial charge >= 0.3 is 0 Å². The highest BCUT2D eigenvalue weighted by atomic mass is 32.2. The van der Waals surface area contributed by atoms with Crippen LogP contribution in [0.1, 0.15) is 15.9 Å². The van der Waals surface area contributed by atoms with E-state index in [1.165, 1.54) is 6.07 Å². The van der Waals surface area contributed by atoms with Gasteiger partial charge in [-0.2, -0.15) is 0 Å². The Labute approximate surface area is 123 Å². The molecule has 1 N–H and O–H groups in total. The van der Waals surface area contributed by atoms with E-state index in [2.05, 4.69) is 15.5 Å². The number of carbonyl (C=O) groups excluding carboxylic acids is 1.